The van der Waals surface area contributed by atoms with Gasteiger partial charge < -0.3 is 5.32 Å². The lowest BCUT2D eigenvalue weighted by Crippen LogP contribution is -2.38. The predicted octanol–water partition coefficient (Wildman–Crippen LogP) is 2.14. The van der Waals surface area contributed by atoms with Crippen LogP contribution in [0.3, 0.4) is 0 Å². The van der Waals surface area contributed by atoms with Gasteiger partial charge in [0.2, 0.25) is 0 Å². The second-order valence-electron chi connectivity index (χ2n) is 4.36. The van der Waals surface area contributed by atoms with Gasteiger partial charge in [-0.05, 0) is 26.8 Å². The van der Waals surface area contributed by atoms with Gasteiger partial charge in [0.15, 0.2) is 0 Å². The molecule has 1 unspecified atom stereocenters. The molecule has 3 nitrogen and oxygen atoms in total. The van der Waals surface area contributed by atoms with Crippen molar-refractivity contribution in [3.63, 3.8) is 0 Å². The van der Waals surface area contributed by atoms with Gasteiger partial charge in [-0.3, -0.25) is 4.90 Å². The molecular formula is C11H20ClN3S. The molecule has 16 heavy (non-hydrogen) atoms. The van der Waals surface area contributed by atoms with E-state index in [1.807, 2.05) is 5.51 Å². The average Bonchev–Trinajstić information content (AvgIpc) is 2.96. The number of rotatable bonds is 6. The lowest BCUT2D eigenvalue weighted by Gasteiger charge is -2.24. The smallest absolute Gasteiger partial charge is 0.0795 e. The van der Waals surface area contributed by atoms with Crippen molar-refractivity contribution in [1.29, 1.82) is 0 Å². The first-order valence-corrected chi connectivity index (χ1v) is 6.51. The van der Waals surface area contributed by atoms with Crippen LogP contribution in [0.1, 0.15) is 25.5 Å². The molecule has 0 aliphatic heterocycles. The van der Waals surface area contributed by atoms with Gasteiger partial charge in [-0.2, -0.15) is 0 Å². The molecule has 0 amide bonds. The van der Waals surface area contributed by atoms with Crippen molar-refractivity contribution in [3.8, 4) is 0 Å². The Morgan fingerprint density at radius 1 is 1.62 bits per heavy atom. The van der Waals surface area contributed by atoms with Crippen LogP contribution >= 0.6 is 23.7 Å². The molecule has 1 fully saturated rings. The number of hydrogen-bond donors (Lipinski definition) is 1. The lowest BCUT2D eigenvalue weighted by molar-refractivity contribution is 0.241. The Labute approximate surface area is 108 Å². The second kappa shape index (κ2) is 6.55. The molecule has 1 heterocycles. The summed E-state index contributed by atoms with van der Waals surface area (Å²) in [5, 5.41) is 5.55. The van der Waals surface area contributed by atoms with Crippen molar-refractivity contribution in [2.24, 2.45) is 0 Å². The molecule has 0 aromatic carbocycles. The summed E-state index contributed by atoms with van der Waals surface area (Å²) in [6.07, 6.45) is 2.76. The quantitative estimate of drug-likeness (QED) is 0.851. The summed E-state index contributed by atoms with van der Waals surface area (Å²) in [5.41, 5.74) is 3.04. The maximum atomic E-state index is 4.25. The molecule has 1 saturated carbocycles. The Morgan fingerprint density at radius 3 is 2.94 bits per heavy atom. The van der Waals surface area contributed by atoms with Crippen LogP contribution in [-0.4, -0.2) is 35.6 Å². The van der Waals surface area contributed by atoms with Gasteiger partial charge in [0, 0.05) is 30.6 Å². The molecule has 2 rings (SSSR count). The number of thiazole rings is 1. The fourth-order valence-electron chi connectivity index (χ4n) is 1.72. The largest absolute Gasteiger partial charge is 0.310 e. The van der Waals surface area contributed by atoms with E-state index in [1.165, 1.54) is 12.8 Å². The summed E-state index contributed by atoms with van der Waals surface area (Å²) in [7, 11) is 2.23. The minimum Gasteiger partial charge on any atom is -0.310 e. The van der Waals surface area contributed by atoms with Crippen LogP contribution in [0.25, 0.3) is 0 Å². The van der Waals surface area contributed by atoms with E-state index in [-0.39, 0.29) is 12.4 Å². The molecule has 1 aromatic rings. The fraction of sp³-hybridized carbons (Fsp3) is 0.727. The third-order valence-electron chi connectivity index (χ3n) is 3.05. The molecule has 1 atom stereocenters. The first kappa shape index (κ1) is 13.9. The topological polar surface area (TPSA) is 28.2 Å². The van der Waals surface area contributed by atoms with Crippen molar-refractivity contribution in [2.45, 2.75) is 38.4 Å². The maximum Gasteiger partial charge on any atom is 0.0795 e. The van der Waals surface area contributed by atoms with E-state index in [1.54, 1.807) is 11.3 Å². The predicted molar refractivity (Wildman–Crippen MR) is 71.3 cm³/mol. The van der Waals surface area contributed by atoms with Crippen LogP contribution in [0.15, 0.2) is 10.9 Å². The minimum absolute atomic E-state index is 0. The van der Waals surface area contributed by atoms with E-state index in [0.29, 0.717) is 6.04 Å². The Morgan fingerprint density at radius 2 is 2.38 bits per heavy atom. The summed E-state index contributed by atoms with van der Waals surface area (Å²) < 4.78 is 0. The van der Waals surface area contributed by atoms with Crippen LogP contribution in [0, 0.1) is 0 Å². The fourth-order valence-corrected chi connectivity index (χ4v) is 2.28. The first-order valence-electron chi connectivity index (χ1n) is 5.57. The number of likely N-dealkylation sites (N-methyl/N-ethyl adjacent to an activating group) is 1. The van der Waals surface area contributed by atoms with E-state index in [2.05, 4.69) is 34.6 Å². The number of aromatic nitrogens is 1. The van der Waals surface area contributed by atoms with Crippen molar-refractivity contribution in [1.82, 2.24) is 15.2 Å². The maximum absolute atomic E-state index is 4.25. The third-order valence-corrected chi connectivity index (χ3v) is 3.68. The molecule has 1 N–H and O–H groups in total. The zero-order valence-electron chi connectivity index (χ0n) is 9.85. The average molecular weight is 262 g/mol. The normalized spacial score (nSPS) is 17.2. The Bertz CT molecular complexity index is 287. The van der Waals surface area contributed by atoms with Gasteiger partial charge in [0.25, 0.3) is 0 Å². The highest BCUT2D eigenvalue weighted by atomic mass is 35.5. The summed E-state index contributed by atoms with van der Waals surface area (Å²) >= 11 is 1.66. The Kier molecular flexibility index (Phi) is 5.69. The lowest BCUT2D eigenvalue weighted by atomic mass is 10.3. The molecular weight excluding hydrogens is 242 g/mol. The molecule has 1 aromatic heterocycles. The SMILES string of the molecule is CC(CNCc1cscn1)N(C)C1CC1.Cl. The second-order valence-corrected chi connectivity index (χ2v) is 5.08. The number of nitrogens with zero attached hydrogens (tertiary/aromatic N) is 2. The summed E-state index contributed by atoms with van der Waals surface area (Å²) in [5.74, 6) is 0. The molecule has 0 bridgehead atoms. The molecule has 0 radical (unpaired) electrons. The highest BCUT2D eigenvalue weighted by Gasteiger charge is 2.28. The van der Waals surface area contributed by atoms with Crippen molar-refractivity contribution in [2.75, 3.05) is 13.6 Å². The number of nitrogens with one attached hydrogen (secondary N) is 1. The van der Waals surface area contributed by atoms with Crippen LogP contribution < -0.4 is 5.32 Å². The van der Waals surface area contributed by atoms with E-state index in [4.69, 9.17) is 0 Å². The van der Waals surface area contributed by atoms with Crippen molar-refractivity contribution in [3.05, 3.63) is 16.6 Å². The van der Waals surface area contributed by atoms with Gasteiger partial charge in [-0.25, -0.2) is 4.98 Å². The minimum atomic E-state index is 0. The Hall–Kier alpha value is -0.160. The molecule has 0 saturated heterocycles. The third kappa shape index (κ3) is 4.01. The van der Waals surface area contributed by atoms with E-state index >= 15 is 0 Å². The van der Waals surface area contributed by atoms with Crippen LogP contribution in [0.4, 0.5) is 0 Å². The highest BCUT2D eigenvalue weighted by molar-refractivity contribution is 7.07. The Balaban J connectivity index is 0.00000128. The van der Waals surface area contributed by atoms with Crippen molar-refractivity contribution < 1.29 is 0 Å². The molecule has 1 aliphatic rings. The van der Waals surface area contributed by atoms with Crippen LogP contribution in [-0.2, 0) is 6.54 Å². The molecule has 92 valence electrons. The van der Waals surface area contributed by atoms with Gasteiger partial charge in [0.1, 0.15) is 0 Å². The van der Waals surface area contributed by atoms with Crippen LogP contribution in [0.2, 0.25) is 0 Å². The molecule has 1 aliphatic carbocycles. The summed E-state index contributed by atoms with van der Waals surface area (Å²) in [6, 6.07) is 1.47. The zero-order valence-corrected chi connectivity index (χ0v) is 11.5. The zero-order chi connectivity index (χ0) is 10.7. The number of halogens is 1. The standard InChI is InChI=1S/C11H19N3S.ClH/c1-9(14(2)11-3-4-11)5-12-6-10-7-15-8-13-10;/h7-9,11-12H,3-6H2,1-2H3;1H. The van der Waals surface area contributed by atoms with E-state index < -0.39 is 0 Å². The van der Waals surface area contributed by atoms with Gasteiger partial charge in [0.05, 0.1) is 11.2 Å². The summed E-state index contributed by atoms with van der Waals surface area (Å²) in [4.78, 5) is 6.73. The van der Waals surface area contributed by atoms with E-state index in [0.717, 1.165) is 24.8 Å². The van der Waals surface area contributed by atoms with Gasteiger partial charge in [-0.15, -0.1) is 23.7 Å². The molecule has 5 heteroatoms. The van der Waals surface area contributed by atoms with E-state index in [9.17, 15) is 0 Å². The summed E-state index contributed by atoms with van der Waals surface area (Å²) in [6.45, 7) is 4.23. The highest BCUT2D eigenvalue weighted by Crippen LogP contribution is 2.26. The molecule has 0 spiro atoms. The first-order chi connectivity index (χ1) is 7.27. The van der Waals surface area contributed by atoms with Crippen LogP contribution in [0.5, 0.6) is 0 Å². The monoisotopic (exact) mass is 261 g/mol. The van der Waals surface area contributed by atoms with Crippen molar-refractivity contribution >= 4 is 23.7 Å². The van der Waals surface area contributed by atoms with Gasteiger partial charge >= 0.3 is 0 Å². The number of hydrogen-bond acceptors (Lipinski definition) is 4. The van der Waals surface area contributed by atoms with Gasteiger partial charge in [-0.1, -0.05) is 0 Å².